The maximum atomic E-state index is 14.5. The second-order valence-electron chi connectivity index (χ2n) is 7.62. The first-order chi connectivity index (χ1) is 15.3. The van der Waals surface area contributed by atoms with E-state index in [1.165, 1.54) is 16.8 Å². The predicted octanol–water partition coefficient (Wildman–Crippen LogP) is 4.59. The van der Waals surface area contributed by atoms with Crippen molar-refractivity contribution in [3.8, 4) is 5.69 Å². The number of nitrogens with two attached hydrogens (primary N) is 1. The molecule has 0 aliphatic rings. The van der Waals surface area contributed by atoms with Crippen LogP contribution in [0.15, 0.2) is 59.5 Å². The number of hydrogen-bond acceptors (Lipinski definition) is 5. The second kappa shape index (κ2) is 8.58. The molecule has 0 saturated carbocycles. The number of benzene rings is 2. The first kappa shape index (κ1) is 21.8. The molecule has 0 spiro atoms. The van der Waals surface area contributed by atoms with Gasteiger partial charge in [-0.25, -0.2) is 22.5 Å². The molecule has 4 rings (SSSR count). The van der Waals surface area contributed by atoms with Gasteiger partial charge in [-0.3, -0.25) is 4.72 Å². The topological polar surface area (TPSA) is 103 Å². The standard InChI is InChI=1S/C23H24FN5O2S/c1-3-4-6-16-9-10-17(14-19(16)24)32(30,31)28-23-13-15(2)27-29(23)21-8-5-7-20-18(21)11-12-22(25)26-20/h5,7-14,28H,3-4,6H2,1-2H3,(H2,25,26). The first-order valence-electron chi connectivity index (χ1n) is 10.3. The zero-order valence-corrected chi connectivity index (χ0v) is 18.7. The summed E-state index contributed by atoms with van der Waals surface area (Å²) in [5.41, 5.74) is 8.21. The molecular weight excluding hydrogens is 429 g/mol. The number of fused-ring (bicyclic) bond motifs is 1. The van der Waals surface area contributed by atoms with E-state index in [2.05, 4.69) is 14.8 Å². The number of nitrogen functional groups attached to an aromatic ring is 1. The Balaban J connectivity index is 1.72. The zero-order chi connectivity index (χ0) is 22.9. The van der Waals surface area contributed by atoms with E-state index in [9.17, 15) is 12.8 Å². The van der Waals surface area contributed by atoms with Crippen molar-refractivity contribution in [2.24, 2.45) is 0 Å². The molecule has 0 atom stereocenters. The summed E-state index contributed by atoms with van der Waals surface area (Å²) in [5, 5.41) is 5.21. The normalized spacial score (nSPS) is 11.7. The Morgan fingerprint density at radius 2 is 1.94 bits per heavy atom. The third-order valence-electron chi connectivity index (χ3n) is 5.16. The molecule has 2 aromatic carbocycles. The monoisotopic (exact) mass is 453 g/mol. The minimum atomic E-state index is -4.04. The van der Waals surface area contributed by atoms with Gasteiger partial charge < -0.3 is 5.73 Å². The van der Waals surface area contributed by atoms with Crippen LogP contribution in [0, 0.1) is 12.7 Å². The van der Waals surface area contributed by atoms with Crippen LogP contribution in [0.5, 0.6) is 0 Å². The van der Waals surface area contributed by atoms with E-state index in [0.717, 1.165) is 24.3 Å². The van der Waals surface area contributed by atoms with E-state index in [4.69, 9.17) is 5.73 Å². The number of halogens is 1. The highest BCUT2D eigenvalue weighted by molar-refractivity contribution is 7.92. The number of aromatic nitrogens is 3. The number of pyridine rings is 1. The van der Waals surface area contributed by atoms with Crippen molar-refractivity contribution in [3.63, 3.8) is 0 Å². The zero-order valence-electron chi connectivity index (χ0n) is 17.8. The molecule has 0 unspecified atom stereocenters. The molecule has 0 amide bonds. The van der Waals surface area contributed by atoms with Crippen molar-refractivity contribution in [1.29, 1.82) is 0 Å². The molecule has 0 aliphatic heterocycles. The number of unbranched alkanes of at least 4 members (excludes halogenated alkanes) is 1. The Kier molecular flexibility index (Phi) is 5.84. The molecule has 0 fully saturated rings. The fourth-order valence-corrected chi connectivity index (χ4v) is 4.60. The van der Waals surface area contributed by atoms with Gasteiger partial charge in [0.05, 0.1) is 21.8 Å². The number of nitrogens with one attached hydrogen (secondary N) is 1. The average molecular weight is 454 g/mol. The summed E-state index contributed by atoms with van der Waals surface area (Å²) in [4.78, 5) is 4.17. The fraction of sp³-hybridized carbons (Fsp3) is 0.217. The molecule has 7 nitrogen and oxygen atoms in total. The molecule has 0 aliphatic carbocycles. The number of rotatable bonds is 7. The van der Waals surface area contributed by atoms with E-state index >= 15 is 0 Å². The Bertz CT molecular complexity index is 1400. The van der Waals surface area contributed by atoms with Crippen molar-refractivity contribution < 1.29 is 12.8 Å². The number of hydrogen-bond donors (Lipinski definition) is 2. The number of sulfonamides is 1. The van der Waals surface area contributed by atoms with Gasteiger partial charge >= 0.3 is 0 Å². The van der Waals surface area contributed by atoms with Crippen molar-refractivity contribution >= 4 is 32.6 Å². The third-order valence-corrected chi connectivity index (χ3v) is 6.52. The van der Waals surface area contributed by atoms with E-state index in [-0.39, 0.29) is 10.7 Å². The van der Waals surface area contributed by atoms with Gasteiger partial charge in [0.1, 0.15) is 17.5 Å². The van der Waals surface area contributed by atoms with Crippen LogP contribution < -0.4 is 10.5 Å². The quantitative estimate of drug-likeness (QED) is 0.426. The van der Waals surface area contributed by atoms with Gasteiger partial charge in [0.25, 0.3) is 10.0 Å². The van der Waals surface area contributed by atoms with Gasteiger partial charge in [-0.2, -0.15) is 5.10 Å². The molecule has 166 valence electrons. The van der Waals surface area contributed by atoms with E-state index in [0.29, 0.717) is 34.7 Å². The Hall–Kier alpha value is -3.46. The van der Waals surface area contributed by atoms with Crippen LogP contribution in [-0.2, 0) is 16.4 Å². The summed E-state index contributed by atoms with van der Waals surface area (Å²) in [5.74, 6) is 0.0997. The van der Waals surface area contributed by atoms with Crippen LogP contribution in [0.3, 0.4) is 0 Å². The van der Waals surface area contributed by atoms with E-state index in [1.807, 2.05) is 25.1 Å². The molecule has 0 radical (unpaired) electrons. The fourth-order valence-electron chi connectivity index (χ4n) is 3.56. The lowest BCUT2D eigenvalue weighted by Gasteiger charge is -2.13. The van der Waals surface area contributed by atoms with Gasteiger partial charge in [-0.15, -0.1) is 0 Å². The summed E-state index contributed by atoms with van der Waals surface area (Å²) in [7, 11) is -4.04. The SMILES string of the molecule is CCCCc1ccc(S(=O)(=O)Nc2cc(C)nn2-c2cccc3nc(N)ccc23)cc1F. The van der Waals surface area contributed by atoms with Gasteiger partial charge in [0.2, 0.25) is 0 Å². The molecule has 9 heteroatoms. The number of aryl methyl sites for hydroxylation is 2. The summed E-state index contributed by atoms with van der Waals surface area (Å²) >= 11 is 0. The summed E-state index contributed by atoms with van der Waals surface area (Å²) in [6.07, 6.45) is 2.34. The minimum absolute atomic E-state index is 0.145. The van der Waals surface area contributed by atoms with Crippen LogP contribution in [0.2, 0.25) is 0 Å². The van der Waals surface area contributed by atoms with Crippen molar-refractivity contribution in [3.05, 3.63) is 71.7 Å². The molecule has 0 bridgehead atoms. The molecule has 2 heterocycles. The smallest absolute Gasteiger partial charge is 0.263 e. The van der Waals surface area contributed by atoms with E-state index in [1.54, 1.807) is 25.1 Å². The largest absolute Gasteiger partial charge is 0.384 e. The summed E-state index contributed by atoms with van der Waals surface area (Å²) in [6.45, 7) is 3.78. The van der Waals surface area contributed by atoms with Gasteiger partial charge in [0, 0.05) is 11.5 Å². The molecule has 3 N–H and O–H groups in total. The summed E-state index contributed by atoms with van der Waals surface area (Å²) in [6, 6.07) is 14.5. The molecule has 0 saturated heterocycles. The third kappa shape index (κ3) is 4.29. The highest BCUT2D eigenvalue weighted by Gasteiger charge is 2.20. The average Bonchev–Trinajstić information content (AvgIpc) is 3.11. The predicted molar refractivity (Wildman–Crippen MR) is 124 cm³/mol. The van der Waals surface area contributed by atoms with Gasteiger partial charge in [-0.1, -0.05) is 25.5 Å². The number of anilines is 2. The Morgan fingerprint density at radius 3 is 2.69 bits per heavy atom. The van der Waals surface area contributed by atoms with Crippen LogP contribution in [0.25, 0.3) is 16.6 Å². The molecule has 32 heavy (non-hydrogen) atoms. The summed E-state index contributed by atoms with van der Waals surface area (Å²) < 4.78 is 44.6. The van der Waals surface area contributed by atoms with Crippen molar-refractivity contribution in [1.82, 2.24) is 14.8 Å². The van der Waals surface area contributed by atoms with E-state index < -0.39 is 15.8 Å². The van der Waals surface area contributed by atoms with Crippen LogP contribution >= 0.6 is 0 Å². The van der Waals surface area contributed by atoms with Crippen molar-refractivity contribution in [2.75, 3.05) is 10.5 Å². The lowest BCUT2D eigenvalue weighted by molar-refractivity contribution is 0.587. The Morgan fingerprint density at radius 1 is 1.12 bits per heavy atom. The maximum Gasteiger partial charge on any atom is 0.263 e. The highest BCUT2D eigenvalue weighted by atomic mass is 32.2. The van der Waals surface area contributed by atoms with Gasteiger partial charge in [0.15, 0.2) is 0 Å². The van der Waals surface area contributed by atoms with Crippen molar-refractivity contribution in [2.45, 2.75) is 38.0 Å². The van der Waals surface area contributed by atoms with Crippen LogP contribution in [-0.4, -0.2) is 23.2 Å². The van der Waals surface area contributed by atoms with Crippen LogP contribution in [0.4, 0.5) is 16.0 Å². The molecule has 4 aromatic rings. The molecular formula is C23H24FN5O2S. The first-order valence-corrected chi connectivity index (χ1v) is 11.8. The minimum Gasteiger partial charge on any atom is -0.384 e. The molecule has 2 aromatic heterocycles. The maximum absolute atomic E-state index is 14.5. The lowest BCUT2D eigenvalue weighted by atomic mass is 10.1. The second-order valence-corrected chi connectivity index (χ2v) is 9.31. The van der Waals surface area contributed by atoms with Gasteiger partial charge in [-0.05, 0) is 61.7 Å². The Labute approximate surface area is 186 Å². The van der Waals surface area contributed by atoms with Crippen LogP contribution in [0.1, 0.15) is 31.0 Å². The highest BCUT2D eigenvalue weighted by Crippen LogP contribution is 2.27. The lowest BCUT2D eigenvalue weighted by Crippen LogP contribution is -2.16. The number of nitrogens with zero attached hydrogens (tertiary/aromatic N) is 3.